The molecule has 0 radical (unpaired) electrons. The van der Waals surface area contributed by atoms with Crippen LogP contribution in [0.2, 0.25) is 0 Å². The predicted molar refractivity (Wildman–Crippen MR) is 53.7 cm³/mol. The molecule has 0 rings (SSSR count). The van der Waals surface area contributed by atoms with Crippen molar-refractivity contribution in [2.45, 2.75) is 12.1 Å². The number of halogens is 1. The molecule has 1 amide bonds. The summed E-state index contributed by atoms with van der Waals surface area (Å²) in [5, 5.41) is 2.10. The van der Waals surface area contributed by atoms with Crippen molar-refractivity contribution in [1.82, 2.24) is 5.32 Å². The molecular formula is C6H11FN2O2S2. The van der Waals surface area contributed by atoms with Crippen LogP contribution >= 0.6 is 25.3 Å². The molecule has 0 aliphatic heterocycles. The van der Waals surface area contributed by atoms with Gasteiger partial charge in [-0.3, -0.25) is 9.59 Å². The molecule has 0 saturated heterocycles. The maximum Gasteiger partial charge on any atom is 0.324 e. The lowest BCUT2D eigenvalue weighted by Gasteiger charge is -2.13. The zero-order valence-electron chi connectivity index (χ0n) is 6.74. The summed E-state index contributed by atoms with van der Waals surface area (Å²) in [6.45, 7) is 0. The van der Waals surface area contributed by atoms with Gasteiger partial charge in [0.15, 0.2) is 0 Å². The molecule has 2 atom stereocenters. The Labute approximate surface area is 86.3 Å². The van der Waals surface area contributed by atoms with Crippen LogP contribution in [-0.2, 0) is 9.59 Å². The number of nitrogens with one attached hydrogen (secondary N) is 1. The van der Waals surface area contributed by atoms with Crippen LogP contribution in [0.4, 0.5) is 4.39 Å². The smallest absolute Gasteiger partial charge is 0.324 e. The highest BCUT2D eigenvalue weighted by molar-refractivity contribution is 7.80. The molecule has 76 valence electrons. The molecule has 0 aromatic heterocycles. The van der Waals surface area contributed by atoms with E-state index in [1.54, 1.807) is 0 Å². The molecule has 3 N–H and O–H groups in total. The highest BCUT2D eigenvalue weighted by atomic mass is 32.1. The van der Waals surface area contributed by atoms with E-state index in [1.165, 1.54) is 0 Å². The molecule has 13 heavy (non-hydrogen) atoms. The Morgan fingerprint density at radius 1 is 1.38 bits per heavy atom. The first kappa shape index (κ1) is 12.7. The summed E-state index contributed by atoms with van der Waals surface area (Å²) in [5.74, 6) is -0.577. The van der Waals surface area contributed by atoms with E-state index in [9.17, 15) is 14.0 Å². The average molecular weight is 226 g/mol. The maximum atomic E-state index is 12.1. The van der Waals surface area contributed by atoms with E-state index in [4.69, 9.17) is 5.73 Å². The van der Waals surface area contributed by atoms with Crippen LogP contribution in [0.25, 0.3) is 0 Å². The molecule has 0 aromatic rings. The summed E-state index contributed by atoms with van der Waals surface area (Å²) in [5.41, 5.74) is 5.27. The van der Waals surface area contributed by atoms with Crippen LogP contribution < -0.4 is 11.1 Å². The second-order valence-corrected chi connectivity index (χ2v) is 3.07. The largest absolute Gasteiger partial charge is 0.341 e. The van der Waals surface area contributed by atoms with Gasteiger partial charge in [-0.1, -0.05) is 0 Å². The van der Waals surface area contributed by atoms with Crippen molar-refractivity contribution in [3.8, 4) is 0 Å². The zero-order chi connectivity index (χ0) is 10.4. The molecule has 0 aromatic carbocycles. The number of hydrogen-bond donors (Lipinski definition) is 4. The van der Waals surface area contributed by atoms with Crippen LogP contribution in [0.15, 0.2) is 0 Å². The highest BCUT2D eigenvalue weighted by Gasteiger charge is 2.21. The Kier molecular flexibility index (Phi) is 6.10. The van der Waals surface area contributed by atoms with Gasteiger partial charge in [0, 0.05) is 11.5 Å². The Morgan fingerprint density at radius 2 is 1.92 bits per heavy atom. The zero-order valence-corrected chi connectivity index (χ0v) is 8.52. The third-order valence-electron chi connectivity index (χ3n) is 1.31. The lowest BCUT2D eigenvalue weighted by Crippen LogP contribution is -2.49. The van der Waals surface area contributed by atoms with Crippen molar-refractivity contribution >= 4 is 37.2 Å². The van der Waals surface area contributed by atoms with Crippen LogP contribution in [-0.4, -0.2) is 35.5 Å². The van der Waals surface area contributed by atoms with E-state index >= 15 is 0 Å². The third-order valence-corrected chi connectivity index (χ3v) is 2.07. The maximum absolute atomic E-state index is 12.1. The summed E-state index contributed by atoms with van der Waals surface area (Å²) in [7, 11) is 0. The summed E-state index contributed by atoms with van der Waals surface area (Å²) in [6.07, 6.45) is 0. The summed E-state index contributed by atoms with van der Waals surface area (Å²) in [6, 6.07) is -3.69. The van der Waals surface area contributed by atoms with Crippen molar-refractivity contribution < 1.29 is 14.0 Å². The SMILES string of the molecule is N[C@@H](CS)C(=O)N[C@@H](CS)C(=O)F. The number of hydrogen-bond acceptors (Lipinski definition) is 5. The molecule has 0 unspecified atom stereocenters. The molecule has 0 heterocycles. The van der Waals surface area contributed by atoms with Gasteiger partial charge in [-0.2, -0.15) is 29.6 Å². The first-order valence-electron chi connectivity index (χ1n) is 3.50. The van der Waals surface area contributed by atoms with Crippen LogP contribution in [0, 0.1) is 0 Å². The minimum atomic E-state index is -1.63. The van der Waals surface area contributed by atoms with E-state index in [2.05, 4.69) is 30.6 Å². The molecule has 7 heteroatoms. The highest BCUT2D eigenvalue weighted by Crippen LogP contribution is 1.93. The Bertz CT molecular complexity index is 203. The van der Waals surface area contributed by atoms with Gasteiger partial charge in [0.05, 0.1) is 6.04 Å². The van der Waals surface area contributed by atoms with Crippen molar-refractivity contribution in [2.24, 2.45) is 5.73 Å². The molecule has 4 nitrogen and oxygen atoms in total. The number of amides is 1. The standard InChI is InChI=1S/C6H11FN2O2S2/c7-5(10)4(2-13)9-6(11)3(8)1-12/h3-4,12-13H,1-2,8H2,(H,9,11)/t3-,4-/m0/s1. The van der Waals surface area contributed by atoms with Gasteiger partial charge in [-0.15, -0.1) is 0 Å². The minimum absolute atomic E-state index is 0.0969. The Morgan fingerprint density at radius 3 is 2.23 bits per heavy atom. The summed E-state index contributed by atoms with van der Waals surface area (Å²) >= 11 is 7.47. The van der Waals surface area contributed by atoms with Crippen LogP contribution in [0.1, 0.15) is 0 Å². The molecule has 0 saturated carbocycles. The van der Waals surface area contributed by atoms with E-state index in [0.29, 0.717) is 0 Å². The lowest BCUT2D eigenvalue weighted by atomic mass is 10.3. The van der Waals surface area contributed by atoms with Gasteiger partial charge < -0.3 is 11.1 Å². The molecule has 0 fully saturated rings. The van der Waals surface area contributed by atoms with Gasteiger partial charge >= 0.3 is 6.04 Å². The second-order valence-electron chi connectivity index (χ2n) is 2.34. The van der Waals surface area contributed by atoms with Crippen molar-refractivity contribution in [1.29, 1.82) is 0 Å². The number of carbonyl (C=O) groups excluding carboxylic acids is 2. The fraction of sp³-hybridized carbons (Fsp3) is 0.667. The van der Waals surface area contributed by atoms with Gasteiger partial charge in [0.2, 0.25) is 5.91 Å². The van der Waals surface area contributed by atoms with E-state index in [0.717, 1.165) is 0 Å². The minimum Gasteiger partial charge on any atom is -0.341 e. The van der Waals surface area contributed by atoms with Gasteiger partial charge in [-0.05, 0) is 0 Å². The normalized spacial score (nSPS) is 14.8. The first-order valence-corrected chi connectivity index (χ1v) is 4.76. The Hall–Kier alpha value is -0.270. The molecule has 0 spiro atoms. The summed E-state index contributed by atoms with van der Waals surface area (Å²) < 4.78 is 12.1. The number of carbonyl (C=O) groups is 2. The number of thiol groups is 2. The van der Waals surface area contributed by atoms with E-state index in [1.807, 2.05) is 0 Å². The third kappa shape index (κ3) is 4.49. The van der Waals surface area contributed by atoms with Crippen molar-refractivity contribution in [2.75, 3.05) is 11.5 Å². The van der Waals surface area contributed by atoms with Gasteiger partial charge in [0.1, 0.15) is 6.04 Å². The van der Waals surface area contributed by atoms with E-state index in [-0.39, 0.29) is 11.5 Å². The van der Waals surface area contributed by atoms with Gasteiger partial charge in [0.25, 0.3) is 0 Å². The van der Waals surface area contributed by atoms with Crippen molar-refractivity contribution in [3.05, 3.63) is 0 Å². The topological polar surface area (TPSA) is 72.2 Å². The first-order chi connectivity index (χ1) is 6.02. The molecule has 0 aliphatic carbocycles. The van der Waals surface area contributed by atoms with Crippen molar-refractivity contribution in [3.63, 3.8) is 0 Å². The van der Waals surface area contributed by atoms with E-state index < -0.39 is 24.0 Å². The quantitative estimate of drug-likeness (QED) is 0.365. The van der Waals surface area contributed by atoms with Gasteiger partial charge in [-0.25, -0.2) is 0 Å². The molecule has 0 aliphatic rings. The second kappa shape index (κ2) is 6.22. The fourth-order valence-electron chi connectivity index (χ4n) is 0.536. The lowest BCUT2D eigenvalue weighted by molar-refractivity contribution is -0.134. The fourth-order valence-corrected chi connectivity index (χ4v) is 0.936. The molecule has 0 bridgehead atoms. The average Bonchev–Trinajstić information content (AvgIpc) is 2.11. The number of rotatable bonds is 5. The predicted octanol–water partition coefficient (Wildman–Crippen LogP) is -0.846. The summed E-state index contributed by atoms with van der Waals surface area (Å²) in [4.78, 5) is 21.2. The van der Waals surface area contributed by atoms with Crippen LogP contribution in [0.5, 0.6) is 0 Å². The number of nitrogens with two attached hydrogens (primary N) is 1. The molecular weight excluding hydrogens is 215 g/mol. The van der Waals surface area contributed by atoms with Crippen LogP contribution in [0.3, 0.4) is 0 Å². The Balaban J connectivity index is 4.09. The monoisotopic (exact) mass is 226 g/mol.